The predicted molar refractivity (Wildman–Crippen MR) is 57.7 cm³/mol. The summed E-state index contributed by atoms with van der Waals surface area (Å²) in [5.74, 6) is 0.776. The molecule has 0 aliphatic rings. The zero-order valence-electron chi connectivity index (χ0n) is 7.72. The van der Waals surface area contributed by atoms with Gasteiger partial charge >= 0.3 is 0 Å². The number of rotatable bonds is 4. The summed E-state index contributed by atoms with van der Waals surface area (Å²) in [4.78, 5) is 11.6. The number of carbonyl (C=O) groups excluding carboxylic acids is 1. The van der Waals surface area contributed by atoms with Crippen molar-refractivity contribution < 1.29 is 9.53 Å². The van der Waals surface area contributed by atoms with E-state index < -0.39 is 0 Å². The Morgan fingerprint density at radius 3 is 2.79 bits per heavy atom. The number of carbonyl (C=O) groups is 1. The Labute approximate surface area is 92.8 Å². The van der Waals surface area contributed by atoms with Crippen molar-refractivity contribution in [3.8, 4) is 5.75 Å². The van der Waals surface area contributed by atoms with Gasteiger partial charge in [-0.2, -0.15) is 0 Å². The molecule has 0 unspecified atom stereocenters. The maximum Gasteiger partial charge on any atom is 0.167 e. The average Bonchev–Trinajstić information content (AvgIpc) is 2.18. The Morgan fingerprint density at radius 1 is 1.50 bits per heavy atom. The highest BCUT2D eigenvalue weighted by atomic mass is 35.5. The number of benzene rings is 1. The van der Waals surface area contributed by atoms with Gasteiger partial charge in [0.25, 0.3) is 0 Å². The van der Waals surface area contributed by atoms with E-state index in [0.717, 1.165) is 0 Å². The van der Waals surface area contributed by atoms with Crippen LogP contribution in [-0.4, -0.2) is 18.8 Å². The summed E-state index contributed by atoms with van der Waals surface area (Å²) in [6.45, 7) is 0. The van der Waals surface area contributed by atoms with Gasteiger partial charge in [0.1, 0.15) is 5.75 Å². The molecule has 0 saturated carbocycles. The number of Topliss-reactive ketones (excluding diaryl/α,β-unsaturated/α-hetero) is 1. The molecule has 0 atom stereocenters. The normalized spacial score (nSPS) is 9.93. The molecule has 0 heterocycles. The molecule has 2 nitrogen and oxygen atoms in total. The van der Waals surface area contributed by atoms with Crippen LogP contribution in [0.15, 0.2) is 18.2 Å². The van der Waals surface area contributed by atoms with Crippen molar-refractivity contribution in [1.82, 2.24) is 0 Å². The van der Waals surface area contributed by atoms with Crippen molar-refractivity contribution in [2.24, 2.45) is 0 Å². The molecule has 76 valence electrons. The summed E-state index contributed by atoms with van der Waals surface area (Å²) in [6, 6.07) is 4.94. The molecule has 0 aliphatic carbocycles. The van der Waals surface area contributed by atoms with Crippen LogP contribution in [0.1, 0.15) is 16.8 Å². The molecule has 0 saturated heterocycles. The minimum absolute atomic E-state index is 0.0562. The molecule has 1 rings (SSSR count). The molecule has 14 heavy (non-hydrogen) atoms. The number of methoxy groups -OCH3 is 1. The van der Waals surface area contributed by atoms with E-state index in [9.17, 15) is 4.79 Å². The Hall–Kier alpha value is -0.730. The zero-order chi connectivity index (χ0) is 10.6. The summed E-state index contributed by atoms with van der Waals surface area (Å²) in [7, 11) is 1.51. The topological polar surface area (TPSA) is 26.3 Å². The Bertz CT molecular complexity index is 337. The van der Waals surface area contributed by atoms with Crippen molar-refractivity contribution in [3.63, 3.8) is 0 Å². The maximum atomic E-state index is 11.6. The van der Waals surface area contributed by atoms with E-state index in [1.165, 1.54) is 7.11 Å². The van der Waals surface area contributed by atoms with E-state index in [0.29, 0.717) is 22.2 Å². The van der Waals surface area contributed by atoms with Crippen LogP contribution >= 0.6 is 23.2 Å². The van der Waals surface area contributed by atoms with Crippen molar-refractivity contribution >= 4 is 29.0 Å². The number of hydrogen-bond acceptors (Lipinski definition) is 2. The number of hydrogen-bond donors (Lipinski definition) is 0. The second kappa shape index (κ2) is 5.23. The molecule has 0 amide bonds. The molecule has 0 radical (unpaired) electrons. The van der Waals surface area contributed by atoms with E-state index in [4.69, 9.17) is 27.9 Å². The minimum Gasteiger partial charge on any atom is -0.496 e. The van der Waals surface area contributed by atoms with Crippen LogP contribution in [0.5, 0.6) is 5.75 Å². The van der Waals surface area contributed by atoms with Crippen LogP contribution in [0.4, 0.5) is 0 Å². The molecule has 0 aromatic heterocycles. The lowest BCUT2D eigenvalue weighted by atomic mass is 10.1. The highest BCUT2D eigenvalue weighted by Gasteiger charge is 2.11. The number of ketones is 1. The fraction of sp³-hybridized carbons (Fsp3) is 0.300. The molecule has 4 heteroatoms. The smallest absolute Gasteiger partial charge is 0.167 e. The van der Waals surface area contributed by atoms with Gasteiger partial charge in [-0.3, -0.25) is 4.79 Å². The molecule has 0 spiro atoms. The largest absolute Gasteiger partial charge is 0.496 e. The third-order valence-electron chi connectivity index (χ3n) is 1.78. The lowest BCUT2D eigenvalue weighted by Gasteiger charge is -2.06. The van der Waals surface area contributed by atoms with Crippen molar-refractivity contribution in [1.29, 1.82) is 0 Å². The predicted octanol–water partition coefficient (Wildman–Crippen LogP) is 3.16. The average molecular weight is 233 g/mol. The molecule has 1 aromatic rings. The van der Waals surface area contributed by atoms with E-state index in [2.05, 4.69) is 0 Å². The van der Waals surface area contributed by atoms with Gasteiger partial charge in [0.15, 0.2) is 5.78 Å². The monoisotopic (exact) mass is 232 g/mol. The molecule has 0 aliphatic heterocycles. The summed E-state index contributed by atoms with van der Waals surface area (Å²) >= 11 is 11.3. The van der Waals surface area contributed by atoms with Gasteiger partial charge in [-0.05, 0) is 18.2 Å². The molecular formula is C10H10Cl2O2. The maximum absolute atomic E-state index is 11.6. The second-order valence-electron chi connectivity index (χ2n) is 2.71. The molecule has 0 bridgehead atoms. The molecule has 0 N–H and O–H groups in total. The molecular weight excluding hydrogens is 223 g/mol. The lowest BCUT2D eigenvalue weighted by molar-refractivity contribution is 0.0986. The zero-order valence-corrected chi connectivity index (χ0v) is 9.23. The minimum atomic E-state index is -0.0562. The number of halogens is 2. The first-order valence-corrected chi connectivity index (χ1v) is 5.03. The van der Waals surface area contributed by atoms with Gasteiger partial charge in [0.2, 0.25) is 0 Å². The van der Waals surface area contributed by atoms with Gasteiger partial charge in [-0.15, -0.1) is 11.6 Å². The first-order chi connectivity index (χ1) is 6.69. The highest BCUT2D eigenvalue weighted by molar-refractivity contribution is 6.31. The summed E-state index contributed by atoms with van der Waals surface area (Å²) in [6.07, 6.45) is 0.290. The lowest BCUT2D eigenvalue weighted by Crippen LogP contribution is -2.02. The van der Waals surface area contributed by atoms with Crippen LogP contribution < -0.4 is 4.74 Å². The third-order valence-corrected chi connectivity index (χ3v) is 2.21. The van der Waals surface area contributed by atoms with Crippen LogP contribution in [0.25, 0.3) is 0 Å². The Kier molecular flexibility index (Phi) is 4.23. The van der Waals surface area contributed by atoms with E-state index in [1.807, 2.05) is 0 Å². The fourth-order valence-electron chi connectivity index (χ4n) is 1.12. The van der Waals surface area contributed by atoms with Crippen molar-refractivity contribution in [3.05, 3.63) is 28.8 Å². The van der Waals surface area contributed by atoms with Gasteiger partial charge in [-0.1, -0.05) is 11.6 Å². The van der Waals surface area contributed by atoms with E-state index >= 15 is 0 Å². The van der Waals surface area contributed by atoms with Gasteiger partial charge < -0.3 is 4.74 Å². The quantitative estimate of drug-likeness (QED) is 0.589. The van der Waals surface area contributed by atoms with Crippen LogP contribution in [0.2, 0.25) is 5.02 Å². The van der Waals surface area contributed by atoms with E-state index in [-0.39, 0.29) is 12.2 Å². The van der Waals surface area contributed by atoms with Gasteiger partial charge in [0.05, 0.1) is 12.7 Å². The van der Waals surface area contributed by atoms with Crippen molar-refractivity contribution in [2.75, 3.05) is 13.0 Å². The molecule has 0 fully saturated rings. The summed E-state index contributed by atoms with van der Waals surface area (Å²) in [5, 5.41) is 0.517. The van der Waals surface area contributed by atoms with E-state index in [1.54, 1.807) is 18.2 Å². The summed E-state index contributed by atoms with van der Waals surface area (Å²) in [5.41, 5.74) is 0.487. The second-order valence-corrected chi connectivity index (χ2v) is 3.52. The first-order valence-electron chi connectivity index (χ1n) is 4.11. The Balaban J connectivity index is 3.03. The van der Waals surface area contributed by atoms with Crippen LogP contribution in [0, 0.1) is 0 Å². The molecule has 1 aromatic carbocycles. The third kappa shape index (κ3) is 2.63. The number of ether oxygens (including phenoxy) is 1. The van der Waals surface area contributed by atoms with Crippen molar-refractivity contribution in [2.45, 2.75) is 6.42 Å². The van der Waals surface area contributed by atoms with Crippen LogP contribution in [0.3, 0.4) is 0 Å². The highest BCUT2D eigenvalue weighted by Crippen LogP contribution is 2.23. The first kappa shape index (κ1) is 11.3. The van der Waals surface area contributed by atoms with Crippen LogP contribution in [-0.2, 0) is 0 Å². The standard InChI is InChI=1S/C10H10Cl2O2/c1-14-10-3-2-7(12)6-8(10)9(13)4-5-11/h2-3,6H,4-5H2,1H3. The fourth-order valence-corrected chi connectivity index (χ4v) is 1.46. The Morgan fingerprint density at radius 2 is 2.21 bits per heavy atom. The summed E-state index contributed by atoms with van der Waals surface area (Å²) < 4.78 is 5.05. The number of alkyl halides is 1. The van der Waals surface area contributed by atoms with Gasteiger partial charge in [-0.25, -0.2) is 0 Å². The SMILES string of the molecule is COc1ccc(Cl)cc1C(=O)CCCl. The van der Waals surface area contributed by atoms with Gasteiger partial charge in [0, 0.05) is 17.3 Å².